The molecule has 8 nitrogen and oxygen atoms in total. The quantitative estimate of drug-likeness (QED) is 0.679. The average Bonchev–Trinajstić information content (AvgIpc) is 2.75. The van der Waals surface area contributed by atoms with Gasteiger partial charge in [0.2, 0.25) is 11.1 Å². The molecule has 0 saturated carbocycles. The van der Waals surface area contributed by atoms with Crippen LogP contribution in [0.15, 0.2) is 16.7 Å². The maximum atomic E-state index is 11.6. The number of sulfonamides is 1. The fourth-order valence-electron chi connectivity index (χ4n) is 0.821. The van der Waals surface area contributed by atoms with Crippen molar-refractivity contribution in [1.29, 1.82) is 0 Å². The monoisotopic (exact) mass is 246 g/mol. The first kappa shape index (κ1) is 9.86. The summed E-state index contributed by atoms with van der Waals surface area (Å²) >= 11 is 0.780. The lowest BCUT2D eigenvalue weighted by Gasteiger charge is -1.99. The zero-order valence-corrected chi connectivity index (χ0v) is 8.84. The Morgan fingerprint density at radius 3 is 2.80 bits per heavy atom. The van der Waals surface area contributed by atoms with Crippen LogP contribution in [0.3, 0.4) is 0 Å². The van der Waals surface area contributed by atoms with Crippen LogP contribution in [-0.4, -0.2) is 28.6 Å². The van der Waals surface area contributed by atoms with E-state index in [-0.39, 0.29) is 15.4 Å². The number of rotatable bonds is 3. The zero-order valence-electron chi connectivity index (χ0n) is 7.21. The Hall–Kier alpha value is -1.68. The van der Waals surface area contributed by atoms with Gasteiger partial charge in [0, 0.05) is 12.4 Å². The minimum Gasteiger partial charge on any atom is -0.374 e. The summed E-state index contributed by atoms with van der Waals surface area (Å²) in [4.78, 5) is 6.31. The molecule has 0 aliphatic rings. The minimum absolute atomic E-state index is 0.0924. The van der Waals surface area contributed by atoms with Crippen LogP contribution in [0.1, 0.15) is 0 Å². The van der Waals surface area contributed by atoms with E-state index < -0.39 is 10.0 Å². The number of H-pyrrole nitrogens is 1. The SMILES string of the molecule is Nc1nnc(S(=O)(=O)Nc2ncc[nH]2)s1. The summed E-state index contributed by atoms with van der Waals surface area (Å²) in [6.45, 7) is 0. The fraction of sp³-hybridized carbons (Fsp3) is 0. The largest absolute Gasteiger partial charge is 0.374 e. The molecule has 0 fully saturated rings. The lowest BCUT2D eigenvalue weighted by atomic mass is 11.0. The van der Waals surface area contributed by atoms with Crippen molar-refractivity contribution in [3.8, 4) is 0 Å². The first-order valence-electron chi connectivity index (χ1n) is 3.69. The van der Waals surface area contributed by atoms with Crippen molar-refractivity contribution in [1.82, 2.24) is 20.2 Å². The molecular formula is C5H6N6O2S2. The summed E-state index contributed by atoms with van der Waals surface area (Å²) < 4.78 is 25.2. The van der Waals surface area contributed by atoms with Crippen molar-refractivity contribution in [2.24, 2.45) is 0 Å². The van der Waals surface area contributed by atoms with Crippen LogP contribution in [-0.2, 0) is 10.0 Å². The molecular weight excluding hydrogens is 240 g/mol. The summed E-state index contributed by atoms with van der Waals surface area (Å²) in [6.07, 6.45) is 2.92. The Morgan fingerprint density at radius 2 is 2.27 bits per heavy atom. The Balaban J connectivity index is 2.28. The Kier molecular flexibility index (Phi) is 2.28. The molecule has 0 aliphatic carbocycles. The van der Waals surface area contributed by atoms with Crippen LogP contribution in [0.2, 0.25) is 0 Å². The summed E-state index contributed by atoms with van der Waals surface area (Å²) in [7, 11) is -3.74. The van der Waals surface area contributed by atoms with Gasteiger partial charge >= 0.3 is 0 Å². The molecule has 2 rings (SSSR count). The molecule has 0 atom stereocenters. The average molecular weight is 246 g/mol. The molecule has 0 aliphatic heterocycles. The molecule has 2 aromatic rings. The van der Waals surface area contributed by atoms with Crippen molar-refractivity contribution in [2.45, 2.75) is 4.34 Å². The molecule has 0 aromatic carbocycles. The second-order valence-corrected chi connectivity index (χ2v) is 5.31. The van der Waals surface area contributed by atoms with Crippen LogP contribution in [0.4, 0.5) is 11.1 Å². The zero-order chi connectivity index (χ0) is 10.9. The number of hydrogen-bond acceptors (Lipinski definition) is 7. The molecule has 80 valence electrons. The summed E-state index contributed by atoms with van der Waals surface area (Å²) in [5.74, 6) is 0.115. The topological polar surface area (TPSA) is 127 Å². The molecule has 0 amide bonds. The van der Waals surface area contributed by atoms with Gasteiger partial charge in [0.05, 0.1) is 0 Å². The number of hydrogen-bond donors (Lipinski definition) is 3. The van der Waals surface area contributed by atoms with Gasteiger partial charge in [-0.3, -0.25) is 0 Å². The first-order chi connectivity index (χ1) is 7.08. The maximum Gasteiger partial charge on any atom is 0.293 e. The first-order valence-corrected chi connectivity index (χ1v) is 5.99. The van der Waals surface area contributed by atoms with E-state index in [1.54, 1.807) is 0 Å². The van der Waals surface area contributed by atoms with E-state index in [0.717, 1.165) is 11.3 Å². The molecule has 0 radical (unpaired) electrons. The molecule has 0 spiro atoms. The lowest BCUT2D eigenvalue weighted by Crippen LogP contribution is -2.13. The Bertz CT molecular complexity index is 544. The number of imidazole rings is 1. The van der Waals surface area contributed by atoms with Crippen molar-refractivity contribution in [2.75, 3.05) is 10.5 Å². The van der Waals surface area contributed by atoms with Gasteiger partial charge in [-0.15, -0.1) is 10.2 Å². The van der Waals surface area contributed by atoms with E-state index in [0.29, 0.717) is 0 Å². The van der Waals surface area contributed by atoms with E-state index in [1.165, 1.54) is 12.4 Å². The van der Waals surface area contributed by atoms with E-state index in [9.17, 15) is 8.42 Å². The molecule has 0 saturated heterocycles. The standard InChI is InChI=1S/C5H6N6O2S2/c6-3-9-10-5(14-3)15(12,13)11-4-7-1-2-8-4/h1-2H,(H2,6,9)(H2,7,8,11). The second kappa shape index (κ2) is 3.47. The molecule has 2 heterocycles. The number of nitrogens with one attached hydrogen (secondary N) is 2. The third kappa shape index (κ3) is 2.05. The third-order valence-corrected chi connectivity index (χ3v) is 3.84. The van der Waals surface area contributed by atoms with E-state index in [2.05, 4.69) is 24.9 Å². The van der Waals surface area contributed by atoms with Crippen molar-refractivity contribution in [3.63, 3.8) is 0 Å². The van der Waals surface area contributed by atoms with Gasteiger partial charge in [-0.2, -0.15) is 8.42 Å². The van der Waals surface area contributed by atoms with Crippen LogP contribution >= 0.6 is 11.3 Å². The number of nitrogen functional groups attached to an aromatic ring is 1. The Morgan fingerprint density at radius 1 is 1.47 bits per heavy atom. The normalized spacial score (nSPS) is 11.5. The number of aromatic amines is 1. The fourth-order valence-corrected chi connectivity index (χ4v) is 2.58. The maximum absolute atomic E-state index is 11.6. The van der Waals surface area contributed by atoms with Gasteiger partial charge in [-0.05, 0) is 0 Å². The van der Waals surface area contributed by atoms with Crippen LogP contribution in [0, 0.1) is 0 Å². The van der Waals surface area contributed by atoms with Crippen LogP contribution < -0.4 is 10.5 Å². The molecule has 10 heteroatoms. The van der Waals surface area contributed by atoms with Crippen molar-refractivity contribution < 1.29 is 8.42 Å². The predicted molar refractivity (Wildman–Crippen MR) is 53.7 cm³/mol. The van der Waals surface area contributed by atoms with Crippen LogP contribution in [0.25, 0.3) is 0 Å². The highest BCUT2D eigenvalue weighted by molar-refractivity contribution is 7.94. The van der Waals surface area contributed by atoms with Gasteiger partial charge in [0.1, 0.15) is 0 Å². The van der Waals surface area contributed by atoms with Crippen LogP contribution in [0.5, 0.6) is 0 Å². The Labute approximate surface area is 88.6 Å². The van der Waals surface area contributed by atoms with E-state index in [1.807, 2.05) is 0 Å². The highest BCUT2D eigenvalue weighted by Crippen LogP contribution is 2.18. The number of anilines is 2. The lowest BCUT2D eigenvalue weighted by molar-refractivity contribution is 0.599. The van der Waals surface area contributed by atoms with Gasteiger partial charge in [0.25, 0.3) is 14.4 Å². The van der Waals surface area contributed by atoms with E-state index >= 15 is 0 Å². The molecule has 0 unspecified atom stereocenters. The summed E-state index contributed by atoms with van der Waals surface area (Å²) in [6, 6.07) is 0. The van der Waals surface area contributed by atoms with Gasteiger partial charge in [-0.25, -0.2) is 9.71 Å². The summed E-state index contributed by atoms with van der Waals surface area (Å²) in [5.41, 5.74) is 5.28. The van der Waals surface area contributed by atoms with E-state index in [4.69, 9.17) is 5.73 Å². The molecule has 0 bridgehead atoms. The minimum atomic E-state index is -3.74. The van der Waals surface area contributed by atoms with Crippen molar-refractivity contribution >= 4 is 32.4 Å². The summed E-state index contributed by atoms with van der Waals surface area (Å²) in [5, 5.41) is 6.92. The number of aromatic nitrogens is 4. The molecule has 2 aromatic heterocycles. The second-order valence-electron chi connectivity index (χ2n) is 2.45. The highest BCUT2D eigenvalue weighted by atomic mass is 32.2. The van der Waals surface area contributed by atoms with Crippen molar-refractivity contribution in [3.05, 3.63) is 12.4 Å². The number of nitrogens with zero attached hydrogens (tertiary/aromatic N) is 3. The highest BCUT2D eigenvalue weighted by Gasteiger charge is 2.20. The predicted octanol–water partition coefficient (Wildman–Crippen LogP) is -0.356. The third-order valence-electron chi connectivity index (χ3n) is 1.38. The van der Waals surface area contributed by atoms with Gasteiger partial charge < -0.3 is 10.7 Å². The smallest absolute Gasteiger partial charge is 0.293 e. The molecule has 15 heavy (non-hydrogen) atoms. The van der Waals surface area contributed by atoms with Gasteiger partial charge in [0.15, 0.2) is 0 Å². The molecule has 4 N–H and O–H groups in total. The van der Waals surface area contributed by atoms with Gasteiger partial charge in [-0.1, -0.05) is 11.3 Å². The number of nitrogens with two attached hydrogens (primary N) is 1.